The van der Waals surface area contributed by atoms with Crippen LogP contribution in [0.5, 0.6) is 0 Å². The number of esters is 1. The Hall–Kier alpha value is -2.76. The Morgan fingerprint density at radius 2 is 2.00 bits per heavy atom. The number of ether oxygens (including phenoxy) is 1. The van der Waals surface area contributed by atoms with Gasteiger partial charge in [0.1, 0.15) is 16.3 Å². The van der Waals surface area contributed by atoms with Crippen molar-refractivity contribution < 1.29 is 22.3 Å². The lowest BCUT2D eigenvalue weighted by Crippen LogP contribution is -2.40. The van der Waals surface area contributed by atoms with Crippen LogP contribution in [-0.2, 0) is 14.8 Å². The van der Waals surface area contributed by atoms with E-state index in [0.29, 0.717) is 0 Å². The van der Waals surface area contributed by atoms with Crippen molar-refractivity contribution >= 4 is 44.7 Å². The highest BCUT2D eigenvalue weighted by molar-refractivity contribution is 7.89. The summed E-state index contributed by atoms with van der Waals surface area (Å²) in [5.41, 5.74) is -0.495. The minimum Gasteiger partial charge on any atom is -0.462 e. The molecule has 2 aromatic heterocycles. The number of fused-ring (bicyclic) bond motifs is 1. The smallest absolute Gasteiger partial charge is 0.343 e. The second-order valence-electron chi connectivity index (χ2n) is 7.59. The highest BCUT2D eigenvalue weighted by atomic mass is 35.5. The van der Waals surface area contributed by atoms with Crippen LogP contribution in [0.15, 0.2) is 35.5 Å². The number of nitrogens with zero attached hydrogens (tertiary/aromatic N) is 3. The van der Waals surface area contributed by atoms with Gasteiger partial charge in [-0.25, -0.2) is 27.3 Å². The molecule has 2 heterocycles. The first-order chi connectivity index (χ1) is 14.4. The number of benzene rings is 1. The SMILES string of the molecule is CCOC(=O)c1cnc2c(S(=O)(=O)NC(C)(C)C)cnn2c1Nc1ccc(F)cc1Cl. The second-order valence-corrected chi connectivity index (χ2v) is 9.65. The van der Waals surface area contributed by atoms with Crippen LogP contribution < -0.4 is 10.0 Å². The summed E-state index contributed by atoms with van der Waals surface area (Å²) in [4.78, 5) is 16.4. The Morgan fingerprint density at radius 3 is 2.61 bits per heavy atom. The molecule has 31 heavy (non-hydrogen) atoms. The van der Waals surface area contributed by atoms with E-state index in [9.17, 15) is 17.6 Å². The maximum absolute atomic E-state index is 13.4. The molecule has 0 aliphatic heterocycles. The Kier molecular flexibility index (Phi) is 6.21. The molecule has 9 nitrogen and oxygen atoms in total. The Morgan fingerprint density at radius 1 is 1.29 bits per heavy atom. The lowest BCUT2D eigenvalue weighted by Gasteiger charge is -2.19. The van der Waals surface area contributed by atoms with Crippen LogP contribution >= 0.6 is 11.6 Å². The minimum absolute atomic E-state index is 0.00873. The van der Waals surface area contributed by atoms with E-state index in [2.05, 4.69) is 20.1 Å². The van der Waals surface area contributed by atoms with Gasteiger partial charge in [-0.1, -0.05) is 11.6 Å². The van der Waals surface area contributed by atoms with Crippen LogP contribution in [-0.4, -0.2) is 41.1 Å². The Balaban J connectivity index is 2.20. The molecule has 1 aromatic carbocycles. The normalized spacial score (nSPS) is 12.2. The topological polar surface area (TPSA) is 115 Å². The zero-order valence-corrected chi connectivity index (χ0v) is 18.8. The third-order valence-electron chi connectivity index (χ3n) is 3.90. The van der Waals surface area contributed by atoms with E-state index in [1.807, 2.05) is 0 Å². The number of carbonyl (C=O) groups excluding carboxylic acids is 1. The molecule has 0 spiro atoms. The predicted molar refractivity (Wildman–Crippen MR) is 114 cm³/mol. The molecule has 166 valence electrons. The first-order valence-electron chi connectivity index (χ1n) is 9.23. The maximum atomic E-state index is 13.4. The van der Waals surface area contributed by atoms with Gasteiger partial charge in [0, 0.05) is 11.7 Å². The molecule has 0 radical (unpaired) electrons. The number of rotatable bonds is 6. The maximum Gasteiger partial charge on any atom is 0.343 e. The van der Waals surface area contributed by atoms with E-state index in [4.69, 9.17) is 16.3 Å². The zero-order chi connectivity index (χ0) is 23.0. The fraction of sp³-hybridized carbons (Fsp3) is 0.316. The third kappa shape index (κ3) is 4.94. The molecule has 0 amide bonds. The van der Waals surface area contributed by atoms with Crippen molar-refractivity contribution in [1.29, 1.82) is 0 Å². The number of hydrogen-bond acceptors (Lipinski definition) is 7. The number of hydrogen-bond donors (Lipinski definition) is 2. The summed E-state index contributed by atoms with van der Waals surface area (Å²) in [6.07, 6.45) is 2.31. The highest BCUT2D eigenvalue weighted by Crippen LogP contribution is 2.30. The van der Waals surface area contributed by atoms with Crippen molar-refractivity contribution in [3.05, 3.63) is 47.0 Å². The van der Waals surface area contributed by atoms with Crippen molar-refractivity contribution in [1.82, 2.24) is 19.3 Å². The molecule has 2 N–H and O–H groups in total. The number of aromatic nitrogens is 3. The summed E-state index contributed by atoms with van der Waals surface area (Å²) in [6, 6.07) is 3.66. The van der Waals surface area contributed by atoms with Crippen LogP contribution in [0.25, 0.3) is 5.65 Å². The third-order valence-corrected chi connectivity index (χ3v) is 5.96. The monoisotopic (exact) mass is 469 g/mol. The molecule has 3 aromatic rings. The van der Waals surface area contributed by atoms with Gasteiger partial charge in [0.25, 0.3) is 0 Å². The average molecular weight is 470 g/mol. The van der Waals surface area contributed by atoms with Crippen molar-refractivity contribution in [2.45, 2.75) is 38.1 Å². The number of sulfonamides is 1. The van der Waals surface area contributed by atoms with Crippen molar-refractivity contribution in [3.63, 3.8) is 0 Å². The quantitative estimate of drug-likeness (QED) is 0.531. The second kappa shape index (κ2) is 8.40. The summed E-state index contributed by atoms with van der Waals surface area (Å²) >= 11 is 6.10. The number of halogens is 2. The zero-order valence-electron chi connectivity index (χ0n) is 17.2. The van der Waals surface area contributed by atoms with Gasteiger partial charge in [-0.05, 0) is 45.9 Å². The summed E-state index contributed by atoms with van der Waals surface area (Å²) in [5, 5.41) is 7.07. The van der Waals surface area contributed by atoms with E-state index in [1.165, 1.54) is 18.3 Å². The minimum atomic E-state index is -3.96. The average Bonchev–Trinajstić information content (AvgIpc) is 3.07. The van der Waals surface area contributed by atoms with Crippen LogP contribution in [0.3, 0.4) is 0 Å². The van der Waals surface area contributed by atoms with Gasteiger partial charge in [0.15, 0.2) is 11.5 Å². The van der Waals surface area contributed by atoms with Crippen LogP contribution in [0.2, 0.25) is 5.02 Å². The van der Waals surface area contributed by atoms with E-state index in [1.54, 1.807) is 27.7 Å². The van der Waals surface area contributed by atoms with Gasteiger partial charge < -0.3 is 10.1 Å². The van der Waals surface area contributed by atoms with Gasteiger partial charge >= 0.3 is 5.97 Å². The first-order valence-corrected chi connectivity index (χ1v) is 11.1. The highest BCUT2D eigenvalue weighted by Gasteiger charge is 2.28. The fourth-order valence-electron chi connectivity index (χ4n) is 2.75. The molecule has 12 heteroatoms. The molecule has 0 aliphatic carbocycles. The van der Waals surface area contributed by atoms with Crippen LogP contribution in [0.1, 0.15) is 38.1 Å². The summed E-state index contributed by atoms with van der Waals surface area (Å²) in [6.45, 7) is 6.86. The van der Waals surface area contributed by atoms with Gasteiger partial charge in [0.2, 0.25) is 10.0 Å². The summed E-state index contributed by atoms with van der Waals surface area (Å²) in [5.74, 6) is -1.18. The van der Waals surface area contributed by atoms with Crippen molar-refractivity contribution in [2.75, 3.05) is 11.9 Å². The van der Waals surface area contributed by atoms with E-state index in [-0.39, 0.29) is 39.2 Å². The van der Waals surface area contributed by atoms with E-state index >= 15 is 0 Å². The molecular weight excluding hydrogens is 449 g/mol. The predicted octanol–water partition coefficient (Wildman–Crippen LogP) is 3.52. The molecule has 3 rings (SSSR count). The molecular formula is C19H21ClFN5O4S. The first kappa shape index (κ1) is 22.9. The number of nitrogens with one attached hydrogen (secondary N) is 2. The lowest BCUT2D eigenvalue weighted by atomic mass is 10.1. The van der Waals surface area contributed by atoms with E-state index in [0.717, 1.165) is 16.8 Å². The fourth-order valence-corrected chi connectivity index (χ4v) is 4.45. The molecule has 0 fully saturated rings. The lowest BCUT2D eigenvalue weighted by molar-refractivity contribution is 0.0526. The van der Waals surface area contributed by atoms with Gasteiger partial charge in [0.05, 0.1) is 23.5 Å². The van der Waals surface area contributed by atoms with Crippen LogP contribution in [0, 0.1) is 5.82 Å². The molecule has 0 unspecified atom stereocenters. The van der Waals surface area contributed by atoms with Gasteiger partial charge in [-0.2, -0.15) is 9.61 Å². The van der Waals surface area contributed by atoms with Gasteiger partial charge in [-0.3, -0.25) is 0 Å². The largest absolute Gasteiger partial charge is 0.462 e. The van der Waals surface area contributed by atoms with Crippen molar-refractivity contribution in [3.8, 4) is 0 Å². The molecule has 0 saturated carbocycles. The number of anilines is 2. The van der Waals surface area contributed by atoms with E-state index < -0.39 is 27.3 Å². The Labute approximate surface area is 183 Å². The number of carbonyl (C=O) groups is 1. The summed E-state index contributed by atoms with van der Waals surface area (Å²) < 4.78 is 47.8. The molecule has 0 atom stereocenters. The summed E-state index contributed by atoms with van der Waals surface area (Å²) in [7, 11) is -3.96. The van der Waals surface area contributed by atoms with Crippen molar-refractivity contribution in [2.24, 2.45) is 0 Å². The Bertz CT molecular complexity index is 1250. The standard InChI is InChI=1S/C19H21ClFN5O4S/c1-5-30-18(27)12-9-22-17-15(31(28,29)25-19(2,3)4)10-23-26(17)16(12)24-14-7-6-11(21)8-13(14)20/h6-10,24-25H,5H2,1-4H3. The van der Waals surface area contributed by atoms with Gasteiger partial charge in [-0.15, -0.1) is 0 Å². The van der Waals surface area contributed by atoms with Crippen LogP contribution in [0.4, 0.5) is 15.9 Å². The molecule has 0 saturated heterocycles. The molecule has 0 bridgehead atoms. The molecule has 0 aliphatic rings.